The first-order valence-electron chi connectivity index (χ1n) is 5.32. The van der Waals surface area contributed by atoms with Crippen LogP contribution in [0.1, 0.15) is 22.3 Å². The number of carbonyl (C=O) groups is 2. The highest BCUT2D eigenvalue weighted by atomic mass is 16.5. The number of esters is 1. The molecular formula is C13H14O3. The molecule has 0 heterocycles. The van der Waals surface area contributed by atoms with Gasteiger partial charge in [-0.3, -0.25) is 9.59 Å². The first-order chi connectivity index (χ1) is 7.63. The normalized spacial score (nSPS) is 22.6. The highest BCUT2D eigenvalue weighted by Gasteiger charge is 2.48. The fourth-order valence-corrected chi connectivity index (χ4v) is 1.83. The average Bonchev–Trinajstić information content (AvgIpc) is 3.08. The van der Waals surface area contributed by atoms with Gasteiger partial charge in [0.25, 0.3) is 0 Å². The van der Waals surface area contributed by atoms with Crippen LogP contribution in [0.5, 0.6) is 0 Å². The first-order valence-corrected chi connectivity index (χ1v) is 5.32. The van der Waals surface area contributed by atoms with Gasteiger partial charge >= 0.3 is 5.97 Å². The van der Waals surface area contributed by atoms with Crippen molar-refractivity contribution in [2.24, 2.45) is 11.8 Å². The van der Waals surface area contributed by atoms with Crippen LogP contribution in [0, 0.1) is 18.8 Å². The molecule has 2 atom stereocenters. The van der Waals surface area contributed by atoms with Crippen LogP contribution in [0.2, 0.25) is 0 Å². The number of Topliss-reactive ketones (excluding diaryl/α,β-unsaturated/α-hetero) is 1. The predicted octanol–water partition coefficient (Wildman–Crippen LogP) is 1.99. The molecule has 0 N–H and O–H groups in total. The van der Waals surface area contributed by atoms with E-state index in [-0.39, 0.29) is 23.6 Å². The SMILES string of the molecule is COC(=O)[C@H]1C[C@H]1C(=O)c1ccc(C)cc1. The molecule has 1 aromatic carbocycles. The maximum atomic E-state index is 11.9. The standard InChI is InChI=1S/C13H14O3/c1-8-3-5-9(6-4-8)12(14)10-7-11(10)13(15)16-2/h3-6,10-11H,7H2,1-2H3/t10-,11+/m1/s1. The van der Waals surface area contributed by atoms with Crippen LogP contribution in [0.25, 0.3) is 0 Å². The summed E-state index contributed by atoms with van der Waals surface area (Å²) < 4.78 is 4.62. The Balaban J connectivity index is 2.05. The summed E-state index contributed by atoms with van der Waals surface area (Å²) >= 11 is 0. The zero-order valence-electron chi connectivity index (χ0n) is 9.40. The number of benzene rings is 1. The molecule has 1 aliphatic rings. The second-order valence-electron chi connectivity index (χ2n) is 4.20. The van der Waals surface area contributed by atoms with Gasteiger partial charge in [-0.1, -0.05) is 29.8 Å². The molecule has 1 saturated carbocycles. The number of hydrogen-bond acceptors (Lipinski definition) is 3. The Labute approximate surface area is 94.4 Å². The lowest BCUT2D eigenvalue weighted by Gasteiger charge is -2.00. The minimum atomic E-state index is -0.273. The molecule has 0 amide bonds. The molecule has 0 aliphatic heterocycles. The van der Waals surface area contributed by atoms with Crippen molar-refractivity contribution < 1.29 is 14.3 Å². The zero-order valence-corrected chi connectivity index (χ0v) is 9.40. The van der Waals surface area contributed by atoms with E-state index in [1.807, 2.05) is 31.2 Å². The average molecular weight is 218 g/mol. The Morgan fingerprint density at radius 2 is 1.81 bits per heavy atom. The smallest absolute Gasteiger partial charge is 0.309 e. The summed E-state index contributed by atoms with van der Waals surface area (Å²) in [6, 6.07) is 7.43. The molecule has 0 unspecified atom stereocenters. The van der Waals surface area contributed by atoms with Gasteiger partial charge in [-0.15, -0.1) is 0 Å². The van der Waals surface area contributed by atoms with Crippen LogP contribution in [-0.4, -0.2) is 18.9 Å². The van der Waals surface area contributed by atoms with Crippen LogP contribution in [0.15, 0.2) is 24.3 Å². The Bertz CT molecular complexity index is 419. The van der Waals surface area contributed by atoms with E-state index in [0.29, 0.717) is 12.0 Å². The van der Waals surface area contributed by atoms with Gasteiger partial charge in [0.1, 0.15) is 0 Å². The number of rotatable bonds is 3. The largest absolute Gasteiger partial charge is 0.469 e. The van der Waals surface area contributed by atoms with Crippen molar-refractivity contribution in [3.8, 4) is 0 Å². The molecule has 1 aromatic rings. The first kappa shape index (κ1) is 10.9. The molecule has 0 saturated heterocycles. The number of aryl methyl sites for hydroxylation is 1. The third-order valence-electron chi connectivity index (χ3n) is 2.97. The van der Waals surface area contributed by atoms with Crippen molar-refractivity contribution in [3.63, 3.8) is 0 Å². The maximum Gasteiger partial charge on any atom is 0.309 e. The van der Waals surface area contributed by atoms with E-state index < -0.39 is 0 Å². The fraction of sp³-hybridized carbons (Fsp3) is 0.385. The molecule has 0 spiro atoms. The van der Waals surface area contributed by atoms with E-state index >= 15 is 0 Å². The quantitative estimate of drug-likeness (QED) is 0.575. The molecule has 0 aromatic heterocycles. The molecule has 2 rings (SSSR count). The van der Waals surface area contributed by atoms with Crippen LogP contribution >= 0.6 is 0 Å². The summed E-state index contributed by atoms with van der Waals surface area (Å²) in [5.74, 6) is -0.616. The van der Waals surface area contributed by atoms with Gasteiger partial charge in [0.15, 0.2) is 5.78 Å². The Morgan fingerprint density at radius 3 is 2.38 bits per heavy atom. The van der Waals surface area contributed by atoms with Crippen molar-refractivity contribution in [3.05, 3.63) is 35.4 Å². The van der Waals surface area contributed by atoms with Crippen molar-refractivity contribution in [2.75, 3.05) is 7.11 Å². The lowest BCUT2D eigenvalue weighted by Crippen LogP contribution is -2.10. The fourth-order valence-electron chi connectivity index (χ4n) is 1.83. The maximum absolute atomic E-state index is 11.9. The molecule has 1 aliphatic carbocycles. The highest BCUT2D eigenvalue weighted by Crippen LogP contribution is 2.41. The van der Waals surface area contributed by atoms with E-state index in [0.717, 1.165) is 5.56 Å². The third kappa shape index (κ3) is 1.98. The molecular weight excluding hydrogens is 204 g/mol. The Hall–Kier alpha value is -1.64. The van der Waals surface area contributed by atoms with Crippen molar-refractivity contribution in [1.82, 2.24) is 0 Å². The van der Waals surface area contributed by atoms with Crippen molar-refractivity contribution in [2.45, 2.75) is 13.3 Å². The number of ketones is 1. The second kappa shape index (κ2) is 4.08. The summed E-state index contributed by atoms with van der Waals surface area (Å²) in [4.78, 5) is 23.1. The van der Waals surface area contributed by atoms with E-state index in [9.17, 15) is 9.59 Å². The third-order valence-corrected chi connectivity index (χ3v) is 2.97. The van der Waals surface area contributed by atoms with Crippen LogP contribution in [0.3, 0.4) is 0 Å². The molecule has 0 radical (unpaired) electrons. The predicted molar refractivity (Wildman–Crippen MR) is 59.1 cm³/mol. The molecule has 84 valence electrons. The monoisotopic (exact) mass is 218 g/mol. The summed E-state index contributed by atoms with van der Waals surface area (Å²) in [5, 5.41) is 0. The van der Waals surface area contributed by atoms with Gasteiger partial charge < -0.3 is 4.74 Å². The van der Waals surface area contributed by atoms with Crippen LogP contribution in [-0.2, 0) is 9.53 Å². The van der Waals surface area contributed by atoms with Gasteiger partial charge in [0.05, 0.1) is 13.0 Å². The molecule has 3 nitrogen and oxygen atoms in total. The molecule has 3 heteroatoms. The van der Waals surface area contributed by atoms with E-state index in [2.05, 4.69) is 4.74 Å². The zero-order chi connectivity index (χ0) is 11.7. The number of carbonyl (C=O) groups excluding carboxylic acids is 2. The summed E-state index contributed by atoms with van der Waals surface area (Å²) in [7, 11) is 1.36. The van der Waals surface area contributed by atoms with E-state index in [1.54, 1.807) is 0 Å². The Morgan fingerprint density at radius 1 is 1.19 bits per heavy atom. The van der Waals surface area contributed by atoms with Gasteiger partial charge in [0.2, 0.25) is 0 Å². The number of methoxy groups -OCH3 is 1. The minimum absolute atomic E-state index is 0.0513. The van der Waals surface area contributed by atoms with Crippen LogP contribution < -0.4 is 0 Å². The molecule has 0 bridgehead atoms. The summed E-state index contributed by atoms with van der Waals surface area (Å²) in [5.41, 5.74) is 1.80. The van der Waals surface area contributed by atoms with Crippen molar-refractivity contribution in [1.29, 1.82) is 0 Å². The summed E-state index contributed by atoms with van der Waals surface area (Å²) in [6.07, 6.45) is 0.624. The molecule has 16 heavy (non-hydrogen) atoms. The van der Waals surface area contributed by atoms with E-state index in [4.69, 9.17) is 0 Å². The van der Waals surface area contributed by atoms with Gasteiger partial charge in [-0.05, 0) is 13.3 Å². The van der Waals surface area contributed by atoms with Gasteiger partial charge in [-0.25, -0.2) is 0 Å². The summed E-state index contributed by atoms with van der Waals surface area (Å²) in [6.45, 7) is 1.97. The Kier molecular flexibility index (Phi) is 2.77. The number of hydrogen-bond donors (Lipinski definition) is 0. The topological polar surface area (TPSA) is 43.4 Å². The molecule has 1 fully saturated rings. The lowest BCUT2D eigenvalue weighted by molar-refractivity contribution is -0.142. The minimum Gasteiger partial charge on any atom is -0.469 e. The van der Waals surface area contributed by atoms with Crippen molar-refractivity contribution >= 4 is 11.8 Å². The van der Waals surface area contributed by atoms with E-state index in [1.165, 1.54) is 7.11 Å². The van der Waals surface area contributed by atoms with Gasteiger partial charge in [-0.2, -0.15) is 0 Å². The number of ether oxygens (including phenoxy) is 1. The second-order valence-corrected chi connectivity index (χ2v) is 4.20. The van der Waals surface area contributed by atoms with Crippen LogP contribution in [0.4, 0.5) is 0 Å². The highest BCUT2D eigenvalue weighted by molar-refractivity contribution is 6.02. The van der Waals surface area contributed by atoms with Gasteiger partial charge in [0, 0.05) is 11.5 Å². The lowest BCUT2D eigenvalue weighted by atomic mass is 10.0.